The maximum atomic E-state index is 6.15. The maximum absolute atomic E-state index is 6.15. The van der Waals surface area contributed by atoms with Gasteiger partial charge in [-0.1, -0.05) is 6.92 Å². The first kappa shape index (κ1) is 13.6. The van der Waals surface area contributed by atoms with E-state index < -0.39 is 0 Å². The van der Waals surface area contributed by atoms with Crippen LogP contribution >= 0.6 is 0 Å². The van der Waals surface area contributed by atoms with Crippen LogP contribution in [0.1, 0.15) is 43.3 Å². The molecule has 1 aliphatic rings. The van der Waals surface area contributed by atoms with Gasteiger partial charge in [0.15, 0.2) is 0 Å². The molecule has 4 nitrogen and oxygen atoms in total. The van der Waals surface area contributed by atoms with Crippen LogP contribution in [0, 0.1) is 19.8 Å². The highest BCUT2D eigenvalue weighted by atomic mass is 15.3. The fourth-order valence-corrected chi connectivity index (χ4v) is 3.34. The topological polar surface area (TPSA) is 47.1 Å². The van der Waals surface area contributed by atoms with Gasteiger partial charge in [-0.05, 0) is 33.1 Å². The van der Waals surface area contributed by atoms with E-state index in [0.29, 0.717) is 18.0 Å². The molecule has 0 saturated carbocycles. The lowest BCUT2D eigenvalue weighted by atomic mass is 9.93. The second-order valence-electron chi connectivity index (χ2n) is 5.94. The second kappa shape index (κ2) is 5.02. The van der Waals surface area contributed by atoms with Gasteiger partial charge in [0, 0.05) is 43.5 Å². The Hall–Kier alpha value is -0.870. The number of hydrogen-bond acceptors (Lipinski definition) is 3. The predicted molar refractivity (Wildman–Crippen MR) is 74.4 cm³/mol. The number of nitrogens with zero attached hydrogens (tertiary/aromatic N) is 3. The third-order valence-corrected chi connectivity index (χ3v) is 4.25. The molecule has 0 aromatic carbocycles. The van der Waals surface area contributed by atoms with Gasteiger partial charge in [0.2, 0.25) is 0 Å². The SMILES string of the molecule is Cc1nn(C)c(C)c1C(C)N1CC(C)CC(N)C1. The summed E-state index contributed by atoms with van der Waals surface area (Å²) in [4.78, 5) is 2.51. The summed E-state index contributed by atoms with van der Waals surface area (Å²) in [5.41, 5.74) is 9.94. The van der Waals surface area contributed by atoms with Gasteiger partial charge in [-0.15, -0.1) is 0 Å². The molecule has 3 unspecified atom stereocenters. The minimum atomic E-state index is 0.313. The molecule has 2 N–H and O–H groups in total. The van der Waals surface area contributed by atoms with Crippen molar-refractivity contribution in [2.75, 3.05) is 13.1 Å². The molecule has 1 saturated heterocycles. The summed E-state index contributed by atoms with van der Waals surface area (Å²) < 4.78 is 1.98. The van der Waals surface area contributed by atoms with Gasteiger partial charge in [-0.2, -0.15) is 5.10 Å². The Morgan fingerprint density at radius 3 is 2.50 bits per heavy atom. The van der Waals surface area contributed by atoms with E-state index in [2.05, 4.69) is 37.7 Å². The summed E-state index contributed by atoms with van der Waals surface area (Å²) in [5, 5.41) is 4.52. The molecule has 0 aliphatic carbocycles. The van der Waals surface area contributed by atoms with Gasteiger partial charge in [-0.3, -0.25) is 9.58 Å². The van der Waals surface area contributed by atoms with Crippen LogP contribution in [0.3, 0.4) is 0 Å². The number of rotatable bonds is 2. The first-order chi connectivity index (χ1) is 8.40. The van der Waals surface area contributed by atoms with Crippen molar-refractivity contribution in [2.45, 2.75) is 46.2 Å². The number of likely N-dealkylation sites (tertiary alicyclic amines) is 1. The van der Waals surface area contributed by atoms with Gasteiger partial charge in [0.05, 0.1) is 5.69 Å². The van der Waals surface area contributed by atoms with Crippen molar-refractivity contribution in [1.82, 2.24) is 14.7 Å². The summed E-state index contributed by atoms with van der Waals surface area (Å²) in [6.45, 7) is 11.0. The van der Waals surface area contributed by atoms with Crippen molar-refractivity contribution in [3.8, 4) is 0 Å². The third-order valence-electron chi connectivity index (χ3n) is 4.25. The second-order valence-corrected chi connectivity index (χ2v) is 5.94. The summed E-state index contributed by atoms with van der Waals surface area (Å²) in [6, 6.07) is 0.723. The zero-order chi connectivity index (χ0) is 13.4. The molecule has 1 aromatic heterocycles. The predicted octanol–water partition coefficient (Wildman–Crippen LogP) is 1.77. The molecule has 0 radical (unpaired) electrons. The lowest BCUT2D eigenvalue weighted by Gasteiger charge is -2.38. The molecule has 2 heterocycles. The van der Waals surface area contributed by atoms with Crippen molar-refractivity contribution in [2.24, 2.45) is 18.7 Å². The average Bonchev–Trinajstić information content (AvgIpc) is 2.51. The molecule has 0 bridgehead atoms. The smallest absolute Gasteiger partial charge is 0.0644 e. The molecule has 18 heavy (non-hydrogen) atoms. The van der Waals surface area contributed by atoms with Crippen molar-refractivity contribution in [1.29, 1.82) is 0 Å². The molecule has 2 rings (SSSR count). The quantitative estimate of drug-likeness (QED) is 0.870. The molecule has 102 valence electrons. The number of aromatic nitrogens is 2. The van der Waals surface area contributed by atoms with Gasteiger partial charge < -0.3 is 5.73 Å². The van der Waals surface area contributed by atoms with Crippen LogP contribution in [0.4, 0.5) is 0 Å². The molecule has 4 heteroatoms. The van der Waals surface area contributed by atoms with Crippen molar-refractivity contribution >= 4 is 0 Å². The van der Waals surface area contributed by atoms with Crippen LogP contribution in [0.2, 0.25) is 0 Å². The van der Waals surface area contributed by atoms with E-state index >= 15 is 0 Å². The van der Waals surface area contributed by atoms with Gasteiger partial charge in [0.1, 0.15) is 0 Å². The fourth-order valence-electron chi connectivity index (χ4n) is 3.34. The first-order valence-electron chi connectivity index (χ1n) is 6.89. The van der Waals surface area contributed by atoms with E-state index in [9.17, 15) is 0 Å². The molecular formula is C14H26N4. The highest BCUT2D eigenvalue weighted by Gasteiger charge is 2.28. The lowest BCUT2D eigenvalue weighted by molar-refractivity contribution is 0.123. The van der Waals surface area contributed by atoms with E-state index in [4.69, 9.17) is 5.73 Å². The normalized spacial score (nSPS) is 27.4. The Balaban J connectivity index is 2.22. The van der Waals surface area contributed by atoms with E-state index in [1.807, 2.05) is 11.7 Å². The van der Waals surface area contributed by atoms with Crippen molar-refractivity contribution < 1.29 is 0 Å². The highest BCUT2D eigenvalue weighted by molar-refractivity contribution is 5.27. The number of nitrogens with two attached hydrogens (primary N) is 1. The monoisotopic (exact) mass is 250 g/mol. The summed E-state index contributed by atoms with van der Waals surface area (Å²) in [5.74, 6) is 0.688. The summed E-state index contributed by atoms with van der Waals surface area (Å²) in [7, 11) is 2.02. The largest absolute Gasteiger partial charge is 0.327 e. The highest BCUT2D eigenvalue weighted by Crippen LogP contribution is 2.29. The average molecular weight is 250 g/mol. The van der Waals surface area contributed by atoms with Gasteiger partial charge in [0.25, 0.3) is 0 Å². The minimum absolute atomic E-state index is 0.313. The minimum Gasteiger partial charge on any atom is -0.327 e. The molecule has 1 aromatic rings. The zero-order valence-electron chi connectivity index (χ0n) is 12.3. The van der Waals surface area contributed by atoms with Crippen LogP contribution in [0.15, 0.2) is 0 Å². The number of piperidine rings is 1. The van der Waals surface area contributed by atoms with Gasteiger partial charge >= 0.3 is 0 Å². The third kappa shape index (κ3) is 2.45. The van der Waals surface area contributed by atoms with E-state index in [-0.39, 0.29) is 0 Å². The van der Waals surface area contributed by atoms with Crippen LogP contribution < -0.4 is 5.73 Å². The van der Waals surface area contributed by atoms with Crippen LogP contribution in [0.25, 0.3) is 0 Å². The zero-order valence-corrected chi connectivity index (χ0v) is 12.3. The molecule has 1 fully saturated rings. The Labute approximate surface area is 110 Å². The van der Waals surface area contributed by atoms with Gasteiger partial charge in [-0.25, -0.2) is 0 Å². The number of aryl methyl sites for hydroxylation is 2. The standard InChI is InChI=1S/C14H26N4/c1-9-6-13(15)8-18(7-9)12(4)14-10(2)16-17(5)11(14)3/h9,12-13H,6-8,15H2,1-5H3. The molecule has 0 spiro atoms. The number of hydrogen-bond donors (Lipinski definition) is 1. The van der Waals surface area contributed by atoms with Crippen LogP contribution in [-0.4, -0.2) is 33.8 Å². The Bertz CT molecular complexity index is 414. The van der Waals surface area contributed by atoms with Crippen molar-refractivity contribution in [3.05, 3.63) is 17.0 Å². The Morgan fingerprint density at radius 1 is 1.33 bits per heavy atom. The Morgan fingerprint density at radius 2 is 2.00 bits per heavy atom. The van der Waals surface area contributed by atoms with E-state index in [0.717, 1.165) is 25.2 Å². The molecule has 0 amide bonds. The van der Waals surface area contributed by atoms with E-state index in [1.165, 1.54) is 11.3 Å². The molecule has 3 atom stereocenters. The Kier molecular flexibility index (Phi) is 3.78. The lowest BCUT2D eigenvalue weighted by Crippen LogP contribution is -2.47. The van der Waals surface area contributed by atoms with Crippen LogP contribution in [-0.2, 0) is 7.05 Å². The summed E-state index contributed by atoms with van der Waals surface area (Å²) in [6.07, 6.45) is 1.15. The molecule has 1 aliphatic heterocycles. The summed E-state index contributed by atoms with van der Waals surface area (Å²) >= 11 is 0. The molecular weight excluding hydrogens is 224 g/mol. The maximum Gasteiger partial charge on any atom is 0.0644 e. The van der Waals surface area contributed by atoms with E-state index in [1.54, 1.807) is 0 Å². The van der Waals surface area contributed by atoms with Crippen molar-refractivity contribution in [3.63, 3.8) is 0 Å². The fraction of sp³-hybridized carbons (Fsp3) is 0.786. The first-order valence-corrected chi connectivity index (χ1v) is 6.89. The van der Waals surface area contributed by atoms with Crippen LogP contribution in [0.5, 0.6) is 0 Å².